The van der Waals surface area contributed by atoms with E-state index >= 15 is 0 Å². The zero-order valence-electron chi connectivity index (χ0n) is 21.2. The number of aliphatic hydroxyl groups excluding tert-OH is 1. The molecule has 3 heterocycles. The number of aliphatic hydroxyl groups is 1. The highest BCUT2D eigenvalue weighted by Crippen LogP contribution is 2.45. The first-order valence-corrected chi connectivity index (χ1v) is 13.4. The van der Waals surface area contributed by atoms with Crippen molar-refractivity contribution in [2.75, 3.05) is 11.5 Å². The fraction of sp³-hybridized carbons (Fsp3) is 0.233. The van der Waals surface area contributed by atoms with Gasteiger partial charge in [0.25, 0.3) is 5.78 Å². The van der Waals surface area contributed by atoms with Crippen LogP contribution in [-0.2, 0) is 16.0 Å². The number of fused-ring (bicyclic) bond motifs is 2. The van der Waals surface area contributed by atoms with Crippen molar-refractivity contribution in [3.63, 3.8) is 0 Å². The summed E-state index contributed by atoms with van der Waals surface area (Å²) in [5.41, 5.74) is 3.93. The van der Waals surface area contributed by atoms with Crippen LogP contribution in [0.15, 0.2) is 66.2 Å². The molecule has 1 saturated heterocycles. The zero-order chi connectivity index (χ0) is 26.6. The molecule has 6 rings (SSSR count). The molecule has 7 nitrogen and oxygen atoms in total. The number of anilines is 1. The molecule has 38 heavy (non-hydrogen) atoms. The molecule has 2 unspecified atom stereocenters. The molecular weight excluding hydrogens is 500 g/mol. The molecule has 3 aromatic carbocycles. The fourth-order valence-electron chi connectivity index (χ4n) is 5.07. The number of rotatable bonds is 5. The molecule has 1 aromatic heterocycles. The van der Waals surface area contributed by atoms with E-state index in [1.54, 1.807) is 12.1 Å². The molecule has 1 fully saturated rings. The first-order chi connectivity index (χ1) is 18.3. The summed E-state index contributed by atoms with van der Waals surface area (Å²) in [6.07, 6.45) is 0.754. The molecule has 4 aromatic rings. The fourth-order valence-corrected chi connectivity index (χ4v) is 6.09. The smallest absolute Gasteiger partial charge is 0.301 e. The normalized spacial score (nSPS) is 20.1. The number of Topliss-reactive ketones (excluding diaryl/α,β-unsaturated/α-hetero) is 1. The minimum atomic E-state index is -0.828. The van der Waals surface area contributed by atoms with Gasteiger partial charge in [-0.3, -0.25) is 14.5 Å². The molecule has 1 amide bonds. The van der Waals surface area contributed by atoms with Crippen molar-refractivity contribution >= 4 is 44.1 Å². The van der Waals surface area contributed by atoms with E-state index in [4.69, 9.17) is 14.5 Å². The van der Waals surface area contributed by atoms with Crippen LogP contribution in [0.1, 0.15) is 42.1 Å². The summed E-state index contributed by atoms with van der Waals surface area (Å²) in [5.74, 6) is -0.196. The molecule has 2 aliphatic rings. The molecule has 192 valence electrons. The van der Waals surface area contributed by atoms with Crippen molar-refractivity contribution in [2.24, 2.45) is 0 Å². The Morgan fingerprint density at radius 1 is 1.13 bits per heavy atom. The van der Waals surface area contributed by atoms with Gasteiger partial charge in [-0.2, -0.15) is 0 Å². The van der Waals surface area contributed by atoms with Crippen LogP contribution in [0.3, 0.4) is 0 Å². The maximum Gasteiger partial charge on any atom is 0.301 e. The average molecular weight is 527 g/mol. The van der Waals surface area contributed by atoms with E-state index < -0.39 is 17.7 Å². The standard InChI is InChI=1S/C30H26N2O5S/c1-4-36-21-10-11-22-24(15-21)38-30(31-22)32-26(18-7-5-16(2)6-8-18)25(28(34)29(32)35)27(33)19-9-12-23-20(14-19)13-17(3)37-23/h5-12,14-15,17,26,33H,4,13H2,1-3H3. The lowest BCUT2D eigenvalue weighted by Crippen LogP contribution is -2.29. The van der Waals surface area contributed by atoms with Crippen LogP contribution in [0.25, 0.3) is 16.0 Å². The lowest BCUT2D eigenvalue weighted by molar-refractivity contribution is -0.132. The minimum absolute atomic E-state index is 0.0417. The predicted octanol–water partition coefficient (Wildman–Crippen LogP) is 5.95. The van der Waals surface area contributed by atoms with E-state index in [-0.39, 0.29) is 17.4 Å². The van der Waals surface area contributed by atoms with Crippen molar-refractivity contribution < 1.29 is 24.2 Å². The number of carbonyl (C=O) groups excluding carboxylic acids is 2. The maximum atomic E-state index is 13.5. The van der Waals surface area contributed by atoms with Crippen LogP contribution in [-0.4, -0.2) is 34.5 Å². The average Bonchev–Trinajstić information content (AvgIpc) is 3.56. The number of nitrogens with zero attached hydrogens (tertiary/aromatic N) is 2. The number of carbonyl (C=O) groups is 2. The molecule has 2 atom stereocenters. The van der Waals surface area contributed by atoms with Gasteiger partial charge in [-0.15, -0.1) is 0 Å². The topological polar surface area (TPSA) is 89.0 Å². The number of aryl methyl sites for hydroxylation is 1. The SMILES string of the molecule is CCOc1ccc2nc(N3C(=O)C(=O)C(=C(O)c4ccc5c(c4)CC(C)O5)C3c3ccc(C)cc3)sc2c1. The van der Waals surface area contributed by atoms with Crippen LogP contribution in [0.5, 0.6) is 11.5 Å². The monoisotopic (exact) mass is 526 g/mol. The summed E-state index contributed by atoms with van der Waals surface area (Å²) in [6, 6.07) is 17.7. The quantitative estimate of drug-likeness (QED) is 0.196. The molecule has 2 aliphatic heterocycles. The summed E-state index contributed by atoms with van der Waals surface area (Å²) in [7, 11) is 0. The van der Waals surface area contributed by atoms with Gasteiger partial charge >= 0.3 is 5.91 Å². The number of benzene rings is 3. The van der Waals surface area contributed by atoms with E-state index in [2.05, 4.69) is 0 Å². The van der Waals surface area contributed by atoms with Crippen LogP contribution in [0, 0.1) is 6.92 Å². The largest absolute Gasteiger partial charge is 0.507 e. The van der Waals surface area contributed by atoms with E-state index in [1.165, 1.54) is 16.2 Å². The Morgan fingerprint density at radius 2 is 1.92 bits per heavy atom. The second kappa shape index (κ2) is 9.29. The van der Waals surface area contributed by atoms with Crippen molar-refractivity contribution in [1.29, 1.82) is 0 Å². The Balaban J connectivity index is 1.50. The number of aromatic nitrogens is 1. The number of amides is 1. The van der Waals surface area contributed by atoms with Gasteiger partial charge in [0.1, 0.15) is 23.4 Å². The molecule has 1 N–H and O–H groups in total. The number of ketones is 1. The Hall–Kier alpha value is -4.17. The first kappa shape index (κ1) is 24.2. The second-order valence-electron chi connectivity index (χ2n) is 9.59. The van der Waals surface area contributed by atoms with Crippen LogP contribution >= 0.6 is 11.3 Å². The van der Waals surface area contributed by atoms with Gasteiger partial charge in [-0.25, -0.2) is 4.98 Å². The Kier molecular flexibility index (Phi) is 5.91. The van der Waals surface area contributed by atoms with Gasteiger partial charge in [0.15, 0.2) is 5.13 Å². The molecule has 0 saturated carbocycles. The lowest BCUT2D eigenvalue weighted by atomic mass is 9.94. The number of hydrogen-bond donors (Lipinski definition) is 1. The van der Waals surface area contributed by atoms with Gasteiger partial charge in [-0.1, -0.05) is 41.2 Å². The molecule has 8 heteroatoms. The van der Waals surface area contributed by atoms with Gasteiger partial charge < -0.3 is 14.6 Å². The molecule has 0 bridgehead atoms. The van der Waals surface area contributed by atoms with Crippen molar-refractivity contribution in [2.45, 2.75) is 39.3 Å². The summed E-state index contributed by atoms with van der Waals surface area (Å²) in [5, 5.41) is 11.9. The summed E-state index contributed by atoms with van der Waals surface area (Å²) < 4.78 is 12.2. The van der Waals surface area contributed by atoms with Crippen molar-refractivity contribution in [1.82, 2.24) is 4.98 Å². The summed E-state index contributed by atoms with van der Waals surface area (Å²) in [4.78, 5) is 33.1. The Labute approximate surface area is 224 Å². The van der Waals surface area contributed by atoms with Crippen LogP contribution < -0.4 is 14.4 Å². The first-order valence-electron chi connectivity index (χ1n) is 12.5. The third kappa shape index (κ3) is 4.01. The lowest BCUT2D eigenvalue weighted by Gasteiger charge is -2.23. The summed E-state index contributed by atoms with van der Waals surface area (Å²) >= 11 is 1.31. The number of hydrogen-bond acceptors (Lipinski definition) is 7. The molecule has 0 aliphatic carbocycles. The number of ether oxygens (including phenoxy) is 2. The highest BCUT2D eigenvalue weighted by atomic mass is 32.1. The van der Waals surface area contributed by atoms with E-state index in [0.29, 0.717) is 40.6 Å². The maximum absolute atomic E-state index is 13.5. The van der Waals surface area contributed by atoms with Crippen molar-refractivity contribution in [3.05, 3.63) is 88.5 Å². The van der Waals surface area contributed by atoms with Gasteiger partial charge in [0.2, 0.25) is 0 Å². The van der Waals surface area contributed by atoms with Crippen LogP contribution in [0.2, 0.25) is 0 Å². The van der Waals surface area contributed by atoms with E-state index in [0.717, 1.165) is 21.6 Å². The van der Waals surface area contributed by atoms with Gasteiger partial charge in [0.05, 0.1) is 28.4 Å². The Bertz CT molecular complexity index is 1620. The third-order valence-corrected chi connectivity index (χ3v) is 7.89. The van der Waals surface area contributed by atoms with Gasteiger partial charge in [-0.05, 0) is 68.3 Å². The van der Waals surface area contributed by atoms with Crippen molar-refractivity contribution in [3.8, 4) is 11.5 Å². The van der Waals surface area contributed by atoms with Crippen LogP contribution in [0.4, 0.5) is 5.13 Å². The zero-order valence-corrected chi connectivity index (χ0v) is 22.0. The number of thiazole rings is 1. The molecule has 0 spiro atoms. The highest BCUT2D eigenvalue weighted by molar-refractivity contribution is 7.22. The molecule has 0 radical (unpaired) electrons. The highest BCUT2D eigenvalue weighted by Gasteiger charge is 2.48. The second-order valence-corrected chi connectivity index (χ2v) is 10.6. The molecular formula is C30H26N2O5S. The van der Waals surface area contributed by atoms with E-state index in [9.17, 15) is 14.7 Å². The van der Waals surface area contributed by atoms with E-state index in [1.807, 2.05) is 69.3 Å². The Morgan fingerprint density at radius 3 is 2.68 bits per heavy atom. The van der Waals surface area contributed by atoms with Gasteiger partial charge in [0, 0.05) is 12.0 Å². The third-order valence-electron chi connectivity index (χ3n) is 6.87. The predicted molar refractivity (Wildman–Crippen MR) is 147 cm³/mol. The minimum Gasteiger partial charge on any atom is -0.507 e. The summed E-state index contributed by atoms with van der Waals surface area (Å²) in [6.45, 7) is 6.40.